The Morgan fingerprint density at radius 1 is 1.14 bits per heavy atom. The van der Waals surface area contributed by atoms with Crippen molar-refractivity contribution in [3.63, 3.8) is 0 Å². The average molecular weight is 306 g/mol. The summed E-state index contributed by atoms with van der Waals surface area (Å²) in [4.78, 5) is 12.4. The van der Waals surface area contributed by atoms with Crippen molar-refractivity contribution in [3.8, 4) is 0 Å². The molecule has 0 spiro atoms. The van der Waals surface area contributed by atoms with Crippen LogP contribution in [-0.4, -0.2) is 5.91 Å². The third kappa shape index (κ3) is 2.70. The third-order valence-corrected chi connectivity index (χ3v) is 5.69. The van der Waals surface area contributed by atoms with E-state index in [4.69, 9.17) is 11.6 Å². The molecule has 1 aliphatic heterocycles. The summed E-state index contributed by atoms with van der Waals surface area (Å²) in [7, 11) is 0. The SMILES string of the molecule is CC(C)(C)C1CCC(C2C(=O)Nc3c(Cl)cccc32)CC1. The van der Waals surface area contributed by atoms with Crippen molar-refractivity contribution in [1.82, 2.24) is 0 Å². The van der Waals surface area contributed by atoms with Crippen molar-refractivity contribution >= 4 is 23.2 Å². The van der Waals surface area contributed by atoms with E-state index in [1.54, 1.807) is 0 Å². The van der Waals surface area contributed by atoms with Crippen LogP contribution in [0.5, 0.6) is 0 Å². The van der Waals surface area contributed by atoms with Gasteiger partial charge in [0.25, 0.3) is 0 Å². The fraction of sp³-hybridized carbons (Fsp3) is 0.611. The lowest BCUT2D eigenvalue weighted by atomic mass is 9.67. The Morgan fingerprint density at radius 2 is 1.81 bits per heavy atom. The lowest BCUT2D eigenvalue weighted by Gasteiger charge is -2.38. The largest absolute Gasteiger partial charge is 0.324 e. The van der Waals surface area contributed by atoms with E-state index in [2.05, 4.69) is 32.2 Å². The van der Waals surface area contributed by atoms with Crippen LogP contribution >= 0.6 is 11.6 Å². The van der Waals surface area contributed by atoms with E-state index in [1.165, 1.54) is 12.8 Å². The number of halogens is 1. The zero-order valence-corrected chi connectivity index (χ0v) is 13.8. The Labute approximate surface area is 132 Å². The van der Waals surface area contributed by atoms with Gasteiger partial charge in [0.05, 0.1) is 16.6 Å². The van der Waals surface area contributed by atoms with Crippen LogP contribution in [0.3, 0.4) is 0 Å². The molecule has 1 heterocycles. The van der Waals surface area contributed by atoms with Crippen molar-refractivity contribution in [2.45, 2.75) is 52.4 Å². The fourth-order valence-corrected chi connectivity index (χ4v) is 4.29. The molecule has 1 N–H and O–H groups in total. The standard InChI is InChI=1S/C18H24ClNO/c1-18(2,3)12-9-7-11(8-10-12)15-13-5-4-6-14(19)16(13)20-17(15)21/h4-6,11-12,15H,7-10H2,1-3H3,(H,20,21). The van der Waals surface area contributed by atoms with Gasteiger partial charge in [0.15, 0.2) is 0 Å². The molecule has 2 aliphatic rings. The first kappa shape index (κ1) is 14.9. The summed E-state index contributed by atoms with van der Waals surface area (Å²) in [5, 5.41) is 3.64. The maximum absolute atomic E-state index is 12.4. The Balaban J connectivity index is 1.78. The molecule has 3 rings (SSSR count). The summed E-state index contributed by atoms with van der Waals surface area (Å²) in [5.41, 5.74) is 2.32. The van der Waals surface area contributed by atoms with E-state index in [1.807, 2.05) is 12.1 Å². The quantitative estimate of drug-likeness (QED) is 0.756. The van der Waals surface area contributed by atoms with Crippen molar-refractivity contribution in [2.24, 2.45) is 17.3 Å². The number of amides is 1. The number of benzene rings is 1. The first-order valence-electron chi connectivity index (χ1n) is 7.97. The lowest BCUT2D eigenvalue weighted by Crippen LogP contribution is -2.30. The zero-order chi connectivity index (χ0) is 15.2. The maximum atomic E-state index is 12.4. The van der Waals surface area contributed by atoms with Crippen LogP contribution in [-0.2, 0) is 4.79 Å². The summed E-state index contributed by atoms with van der Waals surface area (Å²) in [6, 6.07) is 5.86. The predicted molar refractivity (Wildman–Crippen MR) is 87.7 cm³/mol. The number of hydrogen-bond donors (Lipinski definition) is 1. The van der Waals surface area contributed by atoms with Gasteiger partial charge < -0.3 is 5.32 Å². The number of para-hydroxylation sites is 1. The molecule has 0 aromatic heterocycles. The number of fused-ring (bicyclic) bond motifs is 1. The molecular weight excluding hydrogens is 282 g/mol. The van der Waals surface area contributed by atoms with Crippen LogP contribution in [0.2, 0.25) is 5.02 Å². The third-order valence-electron chi connectivity index (χ3n) is 5.38. The molecule has 0 radical (unpaired) electrons. The minimum absolute atomic E-state index is 0.000353. The molecule has 1 amide bonds. The highest BCUT2D eigenvalue weighted by Gasteiger charge is 2.40. The van der Waals surface area contributed by atoms with Crippen LogP contribution < -0.4 is 5.32 Å². The Morgan fingerprint density at radius 3 is 2.43 bits per heavy atom. The van der Waals surface area contributed by atoms with Crippen molar-refractivity contribution in [1.29, 1.82) is 0 Å². The van der Waals surface area contributed by atoms with Gasteiger partial charge in [-0.25, -0.2) is 0 Å². The van der Waals surface area contributed by atoms with Crippen LogP contribution in [0.4, 0.5) is 5.69 Å². The minimum atomic E-state index is -0.000353. The highest BCUT2D eigenvalue weighted by Crippen LogP contribution is 2.48. The number of carbonyl (C=O) groups excluding carboxylic acids is 1. The van der Waals surface area contributed by atoms with Crippen LogP contribution in [0.15, 0.2) is 18.2 Å². The smallest absolute Gasteiger partial charge is 0.232 e. The molecule has 1 saturated carbocycles. The molecule has 0 bridgehead atoms. The molecule has 1 atom stereocenters. The second-order valence-electron chi connectivity index (χ2n) is 7.65. The van der Waals surface area contributed by atoms with Crippen LogP contribution in [0, 0.1) is 17.3 Å². The second-order valence-corrected chi connectivity index (χ2v) is 8.06. The van der Waals surface area contributed by atoms with Gasteiger partial charge in [0.1, 0.15) is 0 Å². The molecule has 1 aliphatic carbocycles. The van der Waals surface area contributed by atoms with Crippen LogP contribution in [0.1, 0.15) is 57.9 Å². The predicted octanol–water partition coefficient (Wildman–Crippen LogP) is 5.23. The van der Waals surface area contributed by atoms with Gasteiger partial charge >= 0.3 is 0 Å². The Bertz CT molecular complexity index is 553. The van der Waals surface area contributed by atoms with Gasteiger partial charge in [-0.3, -0.25) is 4.79 Å². The van der Waals surface area contributed by atoms with Crippen LogP contribution in [0.25, 0.3) is 0 Å². The van der Waals surface area contributed by atoms with E-state index >= 15 is 0 Å². The molecule has 0 saturated heterocycles. The normalized spacial score (nSPS) is 29.1. The molecule has 21 heavy (non-hydrogen) atoms. The van der Waals surface area contributed by atoms with E-state index in [0.29, 0.717) is 16.4 Å². The van der Waals surface area contributed by atoms with E-state index in [9.17, 15) is 4.79 Å². The number of carbonyl (C=O) groups is 1. The van der Waals surface area contributed by atoms with E-state index < -0.39 is 0 Å². The molecule has 3 heteroatoms. The summed E-state index contributed by atoms with van der Waals surface area (Å²) >= 11 is 6.21. The van der Waals surface area contributed by atoms with Gasteiger partial charge in [-0.15, -0.1) is 0 Å². The molecule has 1 fully saturated rings. The Kier molecular flexibility index (Phi) is 3.77. The van der Waals surface area contributed by atoms with Gasteiger partial charge in [-0.2, -0.15) is 0 Å². The highest BCUT2D eigenvalue weighted by atomic mass is 35.5. The summed E-state index contributed by atoms with van der Waals surface area (Å²) < 4.78 is 0. The first-order valence-corrected chi connectivity index (χ1v) is 8.35. The van der Waals surface area contributed by atoms with Gasteiger partial charge in [0.2, 0.25) is 5.91 Å². The number of rotatable bonds is 1. The van der Waals surface area contributed by atoms with Crippen molar-refractivity contribution < 1.29 is 4.79 Å². The lowest BCUT2D eigenvalue weighted by molar-refractivity contribution is -0.118. The minimum Gasteiger partial charge on any atom is -0.324 e. The number of anilines is 1. The maximum Gasteiger partial charge on any atom is 0.232 e. The molecule has 1 aromatic rings. The summed E-state index contributed by atoms with van der Waals surface area (Å²) in [6.45, 7) is 6.99. The monoisotopic (exact) mass is 305 g/mol. The summed E-state index contributed by atoms with van der Waals surface area (Å²) in [6.07, 6.45) is 4.75. The number of nitrogens with one attached hydrogen (secondary N) is 1. The molecule has 1 unspecified atom stereocenters. The fourth-order valence-electron chi connectivity index (χ4n) is 4.06. The second kappa shape index (κ2) is 5.31. The zero-order valence-electron chi connectivity index (χ0n) is 13.1. The van der Waals surface area contributed by atoms with Crippen molar-refractivity contribution in [3.05, 3.63) is 28.8 Å². The van der Waals surface area contributed by atoms with Crippen molar-refractivity contribution in [2.75, 3.05) is 5.32 Å². The van der Waals surface area contributed by atoms with Gasteiger partial charge in [-0.05, 0) is 54.6 Å². The molecule has 114 valence electrons. The first-order chi connectivity index (χ1) is 9.88. The summed E-state index contributed by atoms with van der Waals surface area (Å²) in [5.74, 6) is 1.37. The Hall–Kier alpha value is -1.02. The molecule has 1 aromatic carbocycles. The van der Waals surface area contributed by atoms with E-state index in [-0.39, 0.29) is 11.8 Å². The topological polar surface area (TPSA) is 29.1 Å². The molecule has 2 nitrogen and oxygen atoms in total. The van der Waals surface area contributed by atoms with E-state index in [0.717, 1.165) is 30.0 Å². The van der Waals surface area contributed by atoms with Gasteiger partial charge in [-0.1, -0.05) is 44.5 Å². The highest BCUT2D eigenvalue weighted by molar-refractivity contribution is 6.34. The van der Waals surface area contributed by atoms with Gasteiger partial charge in [0, 0.05) is 0 Å². The number of hydrogen-bond acceptors (Lipinski definition) is 1. The molecular formula is C18H24ClNO. The average Bonchev–Trinajstić information content (AvgIpc) is 2.76.